The zero-order chi connectivity index (χ0) is 17.8. The summed E-state index contributed by atoms with van der Waals surface area (Å²) in [5.41, 5.74) is 7.02. The fraction of sp³-hybridized carbons (Fsp3) is 0.105. The quantitative estimate of drug-likeness (QED) is 0.750. The van der Waals surface area contributed by atoms with Gasteiger partial charge in [0.05, 0.1) is 23.3 Å². The molecule has 3 aromatic rings. The normalized spacial score (nSPS) is 11.9. The van der Waals surface area contributed by atoms with Crippen molar-refractivity contribution in [3.8, 4) is 0 Å². The molecule has 0 aliphatic carbocycles. The molecule has 0 aliphatic rings. The van der Waals surface area contributed by atoms with E-state index in [1.54, 1.807) is 36.4 Å². The predicted octanol–water partition coefficient (Wildman–Crippen LogP) is 2.97. The highest BCUT2D eigenvalue weighted by Crippen LogP contribution is 2.23. The Labute approximate surface area is 143 Å². The Hall–Kier alpha value is -3.28. The summed E-state index contributed by atoms with van der Waals surface area (Å²) in [6, 6.07) is 14.8. The number of nitrogens with one attached hydrogen (secondary N) is 1. The van der Waals surface area contributed by atoms with Gasteiger partial charge >= 0.3 is 0 Å². The van der Waals surface area contributed by atoms with Gasteiger partial charge in [0.1, 0.15) is 5.82 Å². The molecule has 3 rings (SSSR count). The minimum atomic E-state index is -0.707. The summed E-state index contributed by atoms with van der Waals surface area (Å²) < 4.78 is 13.4. The van der Waals surface area contributed by atoms with Crippen molar-refractivity contribution < 1.29 is 14.0 Å². The highest BCUT2D eigenvalue weighted by molar-refractivity contribution is 5.99. The third-order valence-electron chi connectivity index (χ3n) is 3.83. The van der Waals surface area contributed by atoms with Gasteiger partial charge in [0.25, 0.3) is 0 Å². The lowest BCUT2D eigenvalue weighted by molar-refractivity contribution is -0.123. The topological polar surface area (TPSA) is 85.1 Å². The molecule has 0 saturated heterocycles. The molecule has 1 aromatic heterocycles. The third-order valence-corrected chi connectivity index (χ3v) is 3.83. The van der Waals surface area contributed by atoms with E-state index in [4.69, 9.17) is 5.73 Å². The molecule has 0 unspecified atom stereocenters. The molecule has 2 aromatic carbocycles. The van der Waals surface area contributed by atoms with Crippen molar-refractivity contribution in [1.82, 2.24) is 4.98 Å². The number of nitrogens with two attached hydrogens (primary N) is 1. The lowest BCUT2D eigenvalue weighted by atomic mass is 9.94. The highest BCUT2D eigenvalue weighted by atomic mass is 19.1. The molecule has 0 bridgehead atoms. The molecule has 5 nitrogen and oxygen atoms in total. The Bertz CT molecular complexity index is 928. The van der Waals surface area contributed by atoms with Crippen LogP contribution in [-0.2, 0) is 9.59 Å². The van der Waals surface area contributed by atoms with Crippen LogP contribution >= 0.6 is 0 Å². The monoisotopic (exact) mass is 337 g/mol. The third kappa shape index (κ3) is 3.98. The maximum Gasteiger partial charge on any atom is 0.232 e. The van der Waals surface area contributed by atoms with E-state index < -0.39 is 11.8 Å². The van der Waals surface area contributed by atoms with Crippen LogP contribution in [0.25, 0.3) is 10.9 Å². The fourth-order valence-corrected chi connectivity index (χ4v) is 2.65. The van der Waals surface area contributed by atoms with Crippen LogP contribution in [-0.4, -0.2) is 16.8 Å². The largest absolute Gasteiger partial charge is 0.370 e. The summed E-state index contributed by atoms with van der Waals surface area (Å²) in [5.74, 6) is -2.03. The number of anilines is 1. The molecule has 1 atom stereocenters. The van der Waals surface area contributed by atoms with Gasteiger partial charge in [-0.3, -0.25) is 14.6 Å². The molecule has 0 saturated carbocycles. The number of hydrogen-bond acceptors (Lipinski definition) is 3. The molecule has 126 valence electrons. The zero-order valence-corrected chi connectivity index (χ0v) is 13.3. The number of nitrogens with zero attached hydrogens (tertiary/aromatic N) is 1. The second kappa shape index (κ2) is 7.09. The minimum absolute atomic E-state index is 0.106. The van der Waals surface area contributed by atoms with Crippen LogP contribution in [0.2, 0.25) is 0 Å². The van der Waals surface area contributed by atoms with Gasteiger partial charge in [-0.1, -0.05) is 30.3 Å². The van der Waals surface area contributed by atoms with Crippen molar-refractivity contribution in [3.05, 3.63) is 72.2 Å². The summed E-state index contributed by atoms with van der Waals surface area (Å²) in [4.78, 5) is 28.2. The Kier molecular flexibility index (Phi) is 4.70. The maximum atomic E-state index is 13.4. The molecule has 3 N–H and O–H groups in total. The van der Waals surface area contributed by atoms with Gasteiger partial charge in [-0.15, -0.1) is 0 Å². The SMILES string of the molecule is NC(=O)C[C@@H](C(=O)Nc1cnc2ccc(F)cc2c1)c1ccccc1. The van der Waals surface area contributed by atoms with Crippen molar-refractivity contribution in [2.75, 3.05) is 5.32 Å². The minimum Gasteiger partial charge on any atom is -0.370 e. The molecule has 0 fully saturated rings. The smallest absolute Gasteiger partial charge is 0.232 e. The molecule has 0 spiro atoms. The number of aromatic nitrogens is 1. The first-order chi connectivity index (χ1) is 12.0. The first-order valence-electron chi connectivity index (χ1n) is 7.72. The Morgan fingerprint density at radius 2 is 1.88 bits per heavy atom. The molecule has 2 amide bonds. The van der Waals surface area contributed by atoms with Gasteiger partial charge in [0, 0.05) is 11.8 Å². The summed E-state index contributed by atoms with van der Waals surface area (Å²) in [5, 5.41) is 3.30. The number of primary amides is 1. The second-order valence-corrected chi connectivity index (χ2v) is 5.68. The first kappa shape index (κ1) is 16.6. The van der Waals surface area contributed by atoms with Gasteiger partial charge in [-0.05, 0) is 29.8 Å². The number of benzene rings is 2. The molecule has 6 heteroatoms. The molecule has 1 heterocycles. The Morgan fingerprint density at radius 1 is 1.12 bits per heavy atom. The second-order valence-electron chi connectivity index (χ2n) is 5.68. The average molecular weight is 337 g/mol. The standard InChI is InChI=1S/C19H16FN3O2/c20-14-6-7-17-13(8-14)9-15(11-22-17)23-19(25)16(10-18(21)24)12-4-2-1-3-5-12/h1-9,11,16H,10H2,(H2,21,24)(H,23,25)/t16-/m1/s1. The van der Waals surface area contributed by atoms with Crippen LogP contribution in [0.15, 0.2) is 60.8 Å². The van der Waals surface area contributed by atoms with E-state index in [2.05, 4.69) is 10.3 Å². The number of hydrogen-bond donors (Lipinski definition) is 2. The Balaban J connectivity index is 1.86. The summed E-state index contributed by atoms with van der Waals surface area (Å²) in [6.07, 6.45) is 1.38. The van der Waals surface area contributed by atoms with Gasteiger partial charge in [0.15, 0.2) is 0 Å². The van der Waals surface area contributed by atoms with Gasteiger partial charge in [0.2, 0.25) is 11.8 Å². The number of halogens is 1. The van der Waals surface area contributed by atoms with E-state index >= 15 is 0 Å². The van der Waals surface area contributed by atoms with E-state index in [0.717, 1.165) is 0 Å². The fourth-order valence-electron chi connectivity index (χ4n) is 2.65. The first-order valence-corrected chi connectivity index (χ1v) is 7.72. The summed E-state index contributed by atoms with van der Waals surface area (Å²) >= 11 is 0. The average Bonchev–Trinajstić information content (AvgIpc) is 2.60. The molecular formula is C19H16FN3O2. The zero-order valence-electron chi connectivity index (χ0n) is 13.3. The highest BCUT2D eigenvalue weighted by Gasteiger charge is 2.23. The van der Waals surface area contributed by atoms with Crippen molar-refractivity contribution in [3.63, 3.8) is 0 Å². The van der Waals surface area contributed by atoms with Crippen LogP contribution < -0.4 is 11.1 Å². The predicted molar refractivity (Wildman–Crippen MR) is 93.3 cm³/mol. The number of amides is 2. The van der Waals surface area contributed by atoms with E-state index in [0.29, 0.717) is 22.2 Å². The molecular weight excluding hydrogens is 321 g/mol. The lowest BCUT2D eigenvalue weighted by Gasteiger charge is -2.16. The van der Waals surface area contributed by atoms with E-state index in [1.165, 1.54) is 18.3 Å². The number of pyridine rings is 1. The molecule has 0 aliphatic heterocycles. The van der Waals surface area contributed by atoms with E-state index in [-0.39, 0.29) is 18.1 Å². The van der Waals surface area contributed by atoms with Crippen molar-refractivity contribution in [1.29, 1.82) is 0 Å². The van der Waals surface area contributed by atoms with Crippen LogP contribution in [0.4, 0.5) is 10.1 Å². The Morgan fingerprint density at radius 3 is 2.60 bits per heavy atom. The lowest BCUT2D eigenvalue weighted by Crippen LogP contribution is -2.26. The van der Waals surface area contributed by atoms with Crippen molar-refractivity contribution in [2.24, 2.45) is 5.73 Å². The van der Waals surface area contributed by atoms with Crippen LogP contribution in [0.3, 0.4) is 0 Å². The number of rotatable bonds is 5. The summed E-state index contributed by atoms with van der Waals surface area (Å²) in [7, 11) is 0. The summed E-state index contributed by atoms with van der Waals surface area (Å²) in [6.45, 7) is 0. The number of carbonyl (C=O) groups is 2. The van der Waals surface area contributed by atoms with Crippen molar-refractivity contribution >= 4 is 28.4 Å². The van der Waals surface area contributed by atoms with Crippen LogP contribution in [0, 0.1) is 5.82 Å². The molecule has 25 heavy (non-hydrogen) atoms. The van der Waals surface area contributed by atoms with Gasteiger partial charge in [-0.25, -0.2) is 4.39 Å². The molecule has 0 radical (unpaired) electrons. The van der Waals surface area contributed by atoms with Gasteiger partial charge < -0.3 is 11.1 Å². The van der Waals surface area contributed by atoms with E-state index in [9.17, 15) is 14.0 Å². The van der Waals surface area contributed by atoms with Gasteiger partial charge in [-0.2, -0.15) is 0 Å². The number of fused-ring (bicyclic) bond motifs is 1. The van der Waals surface area contributed by atoms with E-state index in [1.807, 2.05) is 6.07 Å². The van der Waals surface area contributed by atoms with Crippen LogP contribution in [0.5, 0.6) is 0 Å². The van der Waals surface area contributed by atoms with Crippen LogP contribution in [0.1, 0.15) is 17.9 Å². The maximum absolute atomic E-state index is 13.4. The number of carbonyl (C=O) groups excluding carboxylic acids is 2. The van der Waals surface area contributed by atoms with Crippen molar-refractivity contribution in [2.45, 2.75) is 12.3 Å².